The molecule has 0 saturated heterocycles. The molecule has 8 heteroatoms. The smallest absolute Gasteiger partial charge is 0.282 e. The fraction of sp³-hybridized carbons (Fsp3) is 0.259. The highest BCUT2D eigenvalue weighted by Gasteiger charge is 2.23. The Morgan fingerprint density at radius 2 is 1.49 bits per heavy atom. The Hall–Kier alpha value is -2.78. The van der Waals surface area contributed by atoms with Crippen molar-refractivity contribution in [3.8, 4) is 11.1 Å². The predicted molar refractivity (Wildman–Crippen MR) is 139 cm³/mol. The molecule has 0 bridgehead atoms. The summed E-state index contributed by atoms with van der Waals surface area (Å²) in [5.74, 6) is 0.278. The Morgan fingerprint density at radius 1 is 0.800 bits per heavy atom. The third-order valence-corrected chi connectivity index (χ3v) is 8.58. The first-order valence-corrected chi connectivity index (χ1v) is 14.5. The van der Waals surface area contributed by atoms with Crippen LogP contribution in [0.3, 0.4) is 0 Å². The Morgan fingerprint density at radius 3 is 2.17 bits per heavy atom. The van der Waals surface area contributed by atoms with Crippen LogP contribution in [0.25, 0.3) is 21.9 Å². The number of hydrogen-bond acceptors (Lipinski definition) is 4. The summed E-state index contributed by atoms with van der Waals surface area (Å²) < 4.78 is 61.7. The molecule has 2 aromatic carbocycles. The molecule has 2 aliphatic rings. The first-order valence-electron chi connectivity index (χ1n) is 11.6. The molecule has 0 unspecified atom stereocenters. The Bertz CT molecular complexity index is 1540. The third-order valence-electron chi connectivity index (χ3n) is 6.23. The van der Waals surface area contributed by atoms with Gasteiger partial charge < -0.3 is 0 Å². The summed E-state index contributed by atoms with van der Waals surface area (Å²) in [5.41, 5.74) is 3.15. The highest BCUT2D eigenvalue weighted by atomic mass is 32.2. The standard InChI is InChI=1S/C27H29NO5S2/c1-19(2)20-11-14-25-23(18-27(35(31,32)33)26(25)15-12-20)9-5-6-16-28-34(29,30)24-13-10-21-7-3-4-8-22(21)17-24/h3-4,7-8,10-15,17-19,28H,5-6,9,16H2,1-2H3,(H,31,32,33). The first-order chi connectivity index (χ1) is 16.6. The van der Waals surface area contributed by atoms with Crippen LogP contribution in [0, 0.1) is 0 Å². The predicted octanol–water partition coefficient (Wildman–Crippen LogP) is 5.62. The lowest BCUT2D eigenvalue weighted by Gasteiger charge is -2.08. The molecule has 35 heavy (non-hydrogen) atoms. The van der Waals surface area contributed by atoms with Crippen molar-refractivity contribution in [3.05, 3.63) is 83.9 Å². The minimum Gasteiger partial charge on any atom is -0.282 e. The number of hydrogen-bond donors (Lipinski definition) is 2. The number of rotatable bonds is 9. The Balaban J connectivity index is 1.44. The van der Waals surface area contributed by atoms with Gasteiger partial charge in [0.25, 0.3) is 10.1 Å². The van der Waals surface area contributed by atoms with Gasteiger partial charge in [-0.2, -0.15) is 8.42 Å². The van der Waals surface area contributed by atoms with E-state index in [2.05, 4.69) is 18.6 Å². The summed E-state index contributed by atoms with van der Waals surface area (Å²) in [6.45, 7) is 4.39. The molecule has 0 amide bonds. The van der Waals surface area contributed by atoms with Crippen LogP contribution in [0.15, 0.2) is 82.6 Å². The molecule has 0 heterocycles. The topological polar surface area (TPSA) is 101 Å². The van der Waals surface area contributed by atoms with Gasteiger partial charge in [-0.1, -0.05) is 68.4 Å². The van der Waals surface area contributed by atoms with Crippen molar-refractivity contribution in [3.63, 3.8) is 0 Å². The maximum Gasteiger partial charge on any atom is 0.295 e. The number of sulfonamides is 1. The summed E-state index contributed by atoms with van der Waals surface area (Å²) in [6, 6.07) is 21.7. The van der Waals surface area contributed by atoms with Gasteiger partial charge in [0.15, 0.2) is 0 Å². The van der Waals surface area contributed by atoms with Crippen molar-refractivity contribution in [1.82, 2.24) is 4.72 Å². The van der Waals surface area contributed by atoms with E-state index in [-0.39, 0.29) is 22.3 Å². The molecular formula is C27H29NO5S2. The molecule has 184 valence electrons. The van der Waals surface area contributed by atoms with Crippen molar-refractivity contribution in [2.75, 3.05) is 6.54 Å². The molecule has 0 spiro atoms. The highest BCUT2D eigenvalue weighted by Crippen LogP contribution is 2.36. The van der Waals surface area contributed by atoms with E-state index in [0.717, 1.165) is 27.5 Å². The van der Waals surface area contributed by atoms with Gasteiger partial charge in [0, 0.05) is 12.1 Å². The molecule has 0 aromatic heterocycles. The van der Waals surface area contributed by atoms with Crippen LogP contribution in [-0.4, -0.2) is 27.9 Å². The van der Waals surface area contributed by atoms with Crippen LogP contribution in [-0.2, 0) is 26.6 Å². The number of nitrogens with one attached hydrogen (secondary N) is 1. The zero-order valence-electron chi connectivity index (χ0n) is 19.7. The third kappa shape index (κ3) is 5.73. The second-order valence-corrected chi connectivity index (χ2v) is 12.2. The van der Waals surface area contributed by atoms with Crippen LogP contribution in [0.1, 0.15) is 43.7 Å². The van der Waals surface area contributed by atoms with E-state index in [9.17, 15) is 21.4 Å². The molecule has 0 fully saturated rings. The lowest BCUT2D eigenvalue weighted by Crippen LogP contribution is -2.24. The molecule has 0 saturated carbocycles. The zero-order chi connectivity index (χ0) is 25.2. The van der Waals surface area contributed by atoms with E-state index in [0.29, 0.717) is 24.8 Å². The molecule has 0 radical (unpaired) electrons. The van der Waals surface area contributed by atoms with Crippen LogP contribution >= 0.6 is 0 Å². The van der Waals surface area contributed by atoms with Gasteiger partial charge in [-0.25, -0.2) is 13.1 Å². The van der Waals surface area contributed by atoms with E-state index in [1.165, 1.54) is 6.07 Å². The van der Waals surface area contributed by atoms with Crippen molar-refractivity contribution < 1.29 is 21.4 Å². The van der Waals surface area contributed by atoms with E-state index in [1.807, 2.05) is 42.5 Å². The second kappa shape index (κ2) is 10.1. The maximum absolute atomic E-state index is 12.7. The molecule has 2 aromatic rings. The van der Waals surface area contributed by atoms with Crippen LogP contribution < -0.4 is 4.72 Å². The number of fused-ring (bicyclic) bond motifs is 2. The van der Waals surface area contributed by atoms with Gasteiger partial charge in [0.05, 0.1) is 4.90 Å². The van der Waals surface area contributed by atoms with Crippen LogP contribution in [0.4, 0.5) is 0 Å². The SMILES string of the molecule is CC(C)c1ccc2c(CCCCNS(=O)(=O)c3ccc4ccccc4c3)cc(S(=O)(=O)O)c-2cc1. The summed E-state index contributed by atoms with van der Waals surface area (Å²) in [7, 11) is -8.00. The summed E-state index contributed by atoms with van der Waals surface area (Å²) in [4.78, 5) is 0.134. The summed E-state index contributed by atoms with van der Waals surface area (Å²) >= 11 is 0. The average Bonchev–Trinajstić information content (AvgIpc) is 3.01. The van der Waals surface area contributed by atoms with Gasteiger partial charge in [-0.15, -0.1) is 0 Å². The van der Waals surface area contributed by atoms with E-state index < -0.39 is 20.1 Å². The van der Waals surface area contributed by atoms with E-state index in [4.69, 9.17) is 0 Å². The number of aryl methyl sites for hydroxylation is 1. The van der Waals surface area contributed by atoms with Gasteiger partial charge in [0.2, 0.25) is 10.0 Å². The molecule has 2 N–H and O–H groups in total. The average molecular weight is 512 g/mol. The molecule has 6 nitrogen and oxygen atoms in total. The Labute approximate surface area is 207 Å². The van der Waals surface area contributed by atoms with Gasteiger partial charge in [0.1, 0.15) is 4.90 Å². The molecule has 2 aliphatic carbocycles. The minimum atomic E-state index is -4.36. The Kier molecular flexibility index (Phi) is 7.28. The van der Waals surface area contributed by atoms with Crippen molar-refractivity contribution in [2.24, 2.45) is 0 Å². The van der Waals surface area contributed by atoms with Crippen LogP contribution in [0.5, 0.6) is 0 Å². The summed E-state index contributed by atoms with van der Waals surface area (Å²) in [5, 5.41) is 1.84. The fourth-order valence-corrected chi connectivity index (χ4v) is 6.13. The monoisotopic (exact) mass is 511 g/mol. The van der Waals surface area contributed by atoms with Gasteiger partial charge in [-0.3, -0.25) is 4.55 Å². The lowest BCUT2D eigenvalue weighted by atomic mass is 10.0. The fourth-order valence-electron chi connectivity index (χ4n) is 4.27. The maximum atomic E-state index is 12.7. The van der Waals surface area contributed by atoms with E-state index in [1.54, 1.807) is 24.3 Å². The zero-order valence-corrected chi connectivity index (χ0v) is 21.4. The molecular weight excluding hydrogens is 482 g/mol. The summed E-state index contributed by atoms with van der Waals surface area (Å²) in [6.07, 6.45) is 1.79. The molecule has 0 atom stereocenters. The van der Waals surface area contributed by atoms with Crippen molar-refractivity contribution in [2.45, 2.75) is 48.8 Å². The molecule has 4 rings (SSSR count). The van der Waals surface area contributed by atoms with Gasteiger partial charge >= 0.3 is 0 Å². The number of benzene rings is 2. The van der Waals surface area contributed by atoms with E-state index >= 15 is 0 Å². The van der Waals surface area contributed by atoms with Crippen LogP contribution in [0.2, 0.25) is 0 Å². The number of unbranched alkanes of at least 4 members (excludes halogenated alkanes) is 1. The normalized spacial score (nSPS) is 12.6. The lowest BCUT2D eigenvalue weighted by molar-refractivity contribution is 0.483. The quantitative estimate of drug-likeness (QED) is 0.225. The molecule has 0 aliphatic heterocycles. The second-order valence-electron chi connectivity index (χ2n) is 9.02. The van der Waals surface area contributed by atoms with Crippen molar-refractivity contribution in [1.29, 1.82) is 0 Å². The van der Waals surface area contributed by atoms with Crippen molar-refractivity contribution >= 4 is 30.9 Å². The van der Waals surface area contributed by atoms with Gasteiger partial charge in [-0.05, 0) is 70.8 Å². The largest absolute Gasteiger partial charge is 0.295 e. The highest BCUT2D eigenvalue weighted by molar-refractivity contribution is 7.89. The minimum absolute atomic E-state index is 0.0922. The first kappa shape index (κ1) is 25.3.